The molecule has 2 N–H and O–H groups in total. The number of urea groups is 1. The van der Waals surface area contributed by atoms with Crippen LogP contribution in [0.3, 0.4) is 0 Å². The van der Waals surface area contributed by atoms with Crippen LogP contribution in [0.4, 0.5) is 4.79 Å². The van der Waals surface area contributed by atoms with Crippen LogP contribution in [0, 0.1) is 5.92 Å². The molecule has 104 valence electrons. The monoisotopic (exact) mass is 265 g/mol. The van der Waals surface area contributed by atoms with Crippen LogP contribution < -0.4 is 5.32 Å². The highest BCUT2D eigenvalue weighted by atomic mass is 16.4. The van der Waals surface area contributed by atoms with Crippen molar-refractivity contribution in [2.45, 2.75) is 26.4 Å². The van der Waals surface area contributed by atoms with Crippen LogP contribution in [0.2, 0.25) is 0 Å². The van der Waals surface area contributed by atoms with Gasteiger partial charge in [-0.15, -0.1) is 0 Å². The normalized spacial score (nSPS) is 12.0. The molecule has 6 nitrogen and oxygen atoms in total. The zero-order valence-corrected chi connectivity index (χ0v) is 11.3. The summed E-state index contributed by atoms with van der Waals surface area (Å²) in [5.41, 5.74) is 0.723. The fourth-order valence-electron chi connectivity index (χ4n) is 1.82. The van der Waals surface area contributed by atoms with Crippen molar-refractivity contribution in [1.29, 1.82) is 0 Å². The maximum absolute atomic E-state index is 11.9. The number of aromatic nitrogens is 1. The number of pyridine rings is 1. The van der Waals surface area contributed by atoms with Gasteiger partial charge in [0.15, 0.2) is 0 Å². The number of nitrogens with zero attached hydrogens (tertiary/aromatic N) is 2. The second-order valence-corrected chi connectivity index (χ2v) is 4.62. The van der Waals surface area contributed by atoms with Gasteiger partial charge in [-0.25, -0.2) is 9.59 Å². The number of hydrogen-bond acceptors (Lipinski definition) is 3. The number of hydrogen-bond donors (Lipinski definition) is 2. The van der Waals surface area contributed by atoms with E-state index in [-0.39, 0.29) is 12.5 Å². The minimum atomic E-state index is -1.01. The first-order valence-electron chi connectivity index (χ1n) is 6.07. The number of rotatable bonds is 5. The summed E-state index contributed by atoms with van der Waals surface area (Å²) in [6.45, 7) is 3.80. The van der Waals surface area contributed by atoms with Gasteiger partial charge in [0.1, 0.15) is 6.04 Å². The molecule has 19 heavy (non-hydrogen) atoms. The zero-order valence-electron chi connectivity index (χ0n) is 11.3. The van der Waals surface area contributed by atoms with Crippen molar-refractivity contribution < 1.29 is 14.7 Å². The van der Waals surface area contributed by atoms with Crippen molar-refractivity contribution in [3.05, 3.63) is 30.1 Å². The lowest BCUT2D eigenvalue weighted by Crippen LogP contribution is -2.49. The van der Waals surface area contributed by atoms with Gasteiger partial charge in [0, 0.05) is 13.2 Å². The maximum atomic E-state index is 11.9. The molecule has 0 bridgehead atoms. The molecule has 1 atom stereocenters. The molecule has 0 saturated heterocycles. The van der Waals surface area contributed by atoms with Crippen molar-refractivity contribution in [3.63, 3.8) is 0 Å². The highest BCUT2D eigenvalue weighted by molar-refractivity contribution is 5.82. The van der Waals surface area contributed by atoms with Gasteiger partial charge in [0.25, 0.3) is 0 Å². The highest BCUT2D eigenvalue weighted by Crippen LogP contribution is 2.09. The van der Waals surface area contributed by atoms with Gasteiger partial charge in [-0.3, -0.25) is 4.98 Å². The molecular weight excluding hydrogens is 246 g/mol. The van der Waals surface area contributed by atoms with Gasteiger partial charge in [-0.2, -0.15) is 0 Å². The van der Waals surface area contributed by atoms with E-state index in [0.29, 0.717) is 0 Å². The predicted octanol–water partition coefficient (Wildman–Crippen LogP) is 1.33. The third-order valence-electron chi connectivity index (χ3n) is 2.77. The summed E-state index contributed by atoms with van der Waals surface area (Å²) in [6.07, 6.45) is 1.64. The number of nitrogens with one attached hydrogen (secondary N) is 1. The van der Waals surface area contributed by atoms with Crippen molar-refractivity contribution in [2.24, 2.45) is 5.92 Å². The van der Waals surface area contributed by atoms with E-state index in [1.165, 1.54) is 11.9 Å². The smallest absolute Gasteiger partial charge is 0.326 e. The number of likely N-dealkylation sites (N-methyl/N-ethyl adjacent to an activating group) is 1. The summed E-state index contributed by atoms with van der Waals surface area (Å²) in [4.78, 5) is 28.3. The number of carboxylic acid groups (broad SMARTS) is 1. The van der Waals surface area contributed by atoms with Crippen molar-refractivity contribution in [3.8, 4) is 0 Å². The molecule has 0 unspecified atom stereocenters. The van der Waals surface area contributed by atoms with Gasteiger partial charge in [0.05, 0.1) is 12.2 Å². The highest BCUT2D eigenvalue weighted by Gasteiger charge is 2.29. The molecule has 0 aliphatic heterocycles. The topological polar surface area (TPSA) is 82.5 Å². The first kappa shape index (κ1) is 14.9. The molecule has 2 amide bonds. The summed E-state index contributed by atoms with van der Waals surface area (Å²) < 4.78 is 0. The summed E-state index contributed by atoms with van der Waals surface area (Å²) in [6, 6.07) is 4.14. The van der Waals surface area contributed by atoms with E-state index in [0.717, 1.165) is 5.69 Å². The number of carbonyl (C=O) groups is 2. The molecule has 1 aromatic heterocycles. The Morgan fingerprint density at radius 2 is 2.11 bits per heavy atom. The molecular formula is C13H19N3O3. The standard InChI is InChI=1S/C13H19N3O3/c1-9(2)11(12(17)18)16(3)13(19)15-8-10-6-4-5-7-14-10/h4-7,9,11H,8H2,1-3H3,(H,15,19)(H,17,18)/t11-/m0/s1. The van der Waals surface area contributed by atoms with Gasteiger partial charge in [-0.1, -0.05) is 19.9 Å². The van der Waals surface area contributed by atoms with E-state index in [2.05, 4.69) is 10.3 Å². The molecule has 0 aliphatic carbocycles. The second-order valence-electron chi connectivity index (χ2n) is 4.62. The molecule has 1 rings (SSSR count). The fourth-order valence-corrected chi connectivity index (χ4v) is 1.82. The summed E-state index contributed by atoms with van der Waals surface area (Å²) in [7, 11) is 1.48. The lowest BCUT2D eigenvalue weighted by Gasteiger charge is -2.27. The summed E-state index contributed by atoms with van der Waals surface area (Å²) >= 11 is 0. The number of carboxylic acids is 1. The molecule has 0 fully saturated rings. The summed E-state index contributed by atoms with van der Waals surface area (Å²) in [5, 5.41) is 11.8. The Bertz CT molecular complexity index is 434. The van der Waals surface area contributed by atoms with Crippen molar-refractivity contribution >= 4 is 12.0 Å². The Balaban J connectivity index is 2.59. The first-order chi connectivity index (χ1) is 8.93. The van der Waals surface area contributed by atoms with E-state index >= 15 is 0 Å². The quantitative estimate of drug-likeness (QED) is 0.841. The lowest BCUT2D eigenvalue weighted by atomic mass is 10.0. The molecule has 0 aliphatic rings. The van der Waals surface area contributed by atoms with Crippen LogP contribution in [0.5, 0.6) is 0 Å². The molecule has 1 aromatic rings. The van der Waals surface area contributed by atoms with E-state index < -0.39 is 18.0 Å². The third-order valence-corrected chi connectivity index (χ3v) is 2.77. The van der Waals surface area contributed by atoms with Gasteiger partial charge in [0.2, 0.25) is 0 Å². The van der Waals surface area contributed by atoms with Gasteiger partial charge < -0.3 is 15.3 Å². The van der Waals surface area contributed by atoms with Crippen LogP contribution in [-0.2, 0) is 11.3 Å². The minimum absolute atomic E-state index is 0.164. The Labute approximate surface area is 112 Å². The van der Waals surface area contributed by atoms with Crippen LogP contribution in [-0.4, -0.2) is 40.1 Å². The predicted molar refractivity (Wildman–Crippen MR) is 70.5 cm³/mol. The third kappa shape index (κ3) is 4.24. The minimum Gasteiger partial charge on any atom is -0.480 e. The number of amides is 2. The Hall–Kier alpha value is -2.11. The van der Waals surface area contributed by atoms with Crippen molar-refractivity contribution in [2.75, 3.05) is 7.05 Å². The van der Waals surface area contributed by atoms with Crippen LogP contribution >= 0.6 is 0 Å². The van der Waals surface area contributed by atoms with Crippen molar-refractivity contribution in [1.82, 2.24) is 15.2 Å². The Morgan fingerprint density at radius 3 is 2.58 bits per heavy atom. The lowest BCUT2D eigenvalue weighted by molar-refractivity contribution is -0.143. The van der Waals surface area contributed by atoms with Crippen LogP contribution in [0.1, 0.15) is 19.5 Å². The molecule has 6 heteroatoms. The van der Waals surface area contributed by atoms with E-state index in [9.17, 15) is 9.59 Å². The second kappa shape index (κ2) is 6.72. The number of aliphatic carboxylic acids is 1. The van der Waals surface area contributed by atoms with E-state index in [4.69, 9.17) is 5.11 Å². The van der Waals surface area contributed by atoms with Crippen LogP contribution in [0.15, 0.2) is 24.4 Å². The molecule has 0 radical (unpaired) electrons. The van der Waals surface area contributed by atoms with Crippen LogP contribution in [0.25, 0.3) is 0 Å². The Morgan fingerprint density at radius 1 is 1.42 bits per heavy atom. The molecule has 0 aromatic carbocycles. The zero-order chi connectivity index (χ0) is 14.4. The average Bonchev–Trinajstić information content (AvgIpc) is 2.36. The maximum Gasteiger partial charge on any atom is 0.326 e. The average molecular weight is 265 g/mol. The molecule has 0 saturated carbocycles. The molecule has 0 spiro atoms. The fraction of sp³-hybridized carbons (Fsp3) is 0.462. The van der Waals surface area contributed by atoms with Gasteiger partial charge >= 0.3 is 12.0 Å². The molecule has 1 heterocycles. The SMILES string of the molecule is CC(C)[C@@H](C(=O)O)N(C)C(=O)NCc1ccccn1. The van der Waals surface area contributed by atoms with Gasteiger partial charge in [-0.05, 0) is 18.1 Å². The number of carbonyl (C=O) groups excluding carboxylic acids is 1. The van der Waals surface area contributed by atoms with E-state index in [1.54, 1.807) is 32.2 Å². The Kier molecular flexibility index (Phi) is 5.29. The first-order valence-corrected chi connectivity index (χ1v) is 6.07. The largest absolute Gasteiger partial charge is 0.480 e. The van der Waals surface area contributed by atoms with E-state index in [1.807, 2.05) is 6.07 Å². The summed E-state index contributed by atoms with van der Waals surface area (Å²) in [5.74, 6) is -1.17.